The Kier molecular flexibility index (Phi) is 18.7. The van der Waals surface area contributed by atoms with E-state index in [2.05, 4.69) is 33.3 Å². The summed E-state index contributed by atoms with van der Waals surface area (Å²) in [7, 11) is 0. The molecule has 6 heterocycles. The Morgan fingerprint density at radius 1 is 0.620 bits per heavy atom. The first-order valence-electron chi connectivity index (χ1n) is 28.6. The van der Waals surface area contributed by atoms with E-state index in [-0.39, 0.29) is 23.3 Å². The molecule has 2 unspecified atom stereocenters. The first-order valence-corrected chi connectivity index (χ1v) is 28.6. The van der Waals surface area contributed by atoms with Crippen molar-refractivity contribution in [2.45, 2.75) is 143 Å². The largest absolute Gasteiger partial charge is 0.486 e. The number of nitrogens with zero attached hydrogens (tertiary/aromatic N) is 5. The van der Waals surface area contributed by atoms with E-state index >= 15 is 0 Å². The summed E-state index contributed by atoms with van der Waals surface area (Å²) in [5.41, 5.74) is 7.20. The standard InChI is InChI=1S/C34H45N3O6.C29H37N3O4/c1-6-29(38)27-19-23(2)20-28-26(27)8-10-32(39)36(28)16-15-35-13-11-25(12-14-35)37(33(40)43-34(3,4)5)22-24-7-9-30-31(21-24)42-18-17-41-30;1-3-26(33)24-16-20(2)17-25-23(24)5-7-29(34)32(25)13-12-31-10-8-22(9-11-31)30-19-21-4-6-27-28(18-21)36-15-14-35-27/h7-10,19-21,25,29,38H,6,11-18,22H2,1-5H3;4-7,16-18,22,26,30,33H,3,8-15,19H2,1-2H3. The fourth-order valence-electron chi connectivity index (χ4n) is 11.4. The molecule has 0 radical (unpaired) electrons. The summed E-state index contributed by atoms with van der Waals surface area (Å²) in [5, 5.41) is 26.7. The van der Waals surface area contributed by atoms with Gasteiger partial charge in [0.15, 0.2) is 23.0 Å². The molecule has 16 nitrogen and oxygen atoms in total. The van der Waals surface area contributed by atoms with Crippen LogP contribution in [0.25, 0.3) is 21.8 Å². The van der Waals surface area contributed by atoms with Crippen LogP contribution in [0.3, 0.4) is 0 Å². The van der Waals surface area contributed by atoms with E-state index in [1.165, 1.54) is 5.56 Å². The van der Waals surface area contributed by atoms with E-state index < -0.39 is 17.8 Å². The third-order valence-electron chi connectivity index (χ3n) is 15.7. The van der Waals surface area contributed by atoms with Gasteiger partial charge in [-0.2, -0.15) is 0 Å². The Hall–Kier alpha value is -6.43. The molecule has 3 N–H and O–H groups in total. The van der Waals surface area contributed by atoms with Crippen LogP contribution in [0.5, 0.6) is 23.0 Å². The van der Waals surface area contributed by atoms with Gasteiger partial charge in [-0.05, 0) is 168 Å². The van der Waals surface area contributed by atoms with Crippen molar-refractivity contribution < 1.29 is 38.7 Å². The number of pyridine rings is 2. The van der Waals surface area contributed by atoms with Gasteiger partial charge in [-0.1, -0.05) is 38.1 Å². The second-order valence-electron chi connectivity index (χ2n) is 22.7. The van der Waals surface area contributed by atoms with Crippen LogP contribution < -0.4 is 35.4 Å². The Morgan fingerprint density at radius 2 is 1.08 bits per heavy atom. The van der Waals surface area contributed by atoms with Gasteiger partial charge in [0, 0.05) is 87.3 Å². The number of rotatable bonds is 16. The van der Waals surface area contributed by atoms with Crippen molar-refractivity contribution in [3.63, 3.8) is 0 Å². The maximum absolute atomic E-state index is 13.4. The van der Waals surface area contributed by atoms with E-state index in [4.69, 9.17) is 23.7 Å². The zero-order valence-electron chi connectivity index (χ0n) is 47.4. The molecule has 4 aliphatic heterocycles. The minimum Gasteiger partial charge on any atom is -0.486 e. The molecule has 0 saturated carbocycles. The molecular formula is C63H82N6O10. The van der Waals surface area contributed by atoms with Gasteiger partial charge >= 0.3 is 6.09 Å². The van der Waals surface area contributed by atoms with Crippen LogP contribution >= 0.6 is 0 Å². The average molecular weight is 1080 g/mol. The van der Waals surface area contributed by atoms with E-state index in [1.807, 2.05) is 117 Å². The molecule has 16 heteroatoms. The van der Waals surface area contributed by atoms with Crippen LogP contribution in [0.1, 0.15) is 119 Å². The molecule has 2 aromatic heterocycles. The van der Waals surface area contributed by atoms with Crippen LogP contribution in [0.4, 0.5) is 4.79 Å². The van der Waals surface area contributed by atoms with Gasteiger partial charge < -0.3 is 63.0 Å². The van der Waals surface area contributed by atoms with Crippen molar-refractivity contribution in [3.05, 3.63) is 139 Å². The quantitative estimate of drug-likeness (QED) is 0.0840. The van der Waals surface area contributed by atoms with E-state index in [9.17, 15) is 24.6 Å². The zero-order valence-corrected chi connectivity index (χ0v) is 47.4. The lowest BCUT2D eigenvalue weighted by atomic mass is 9.99. The number of carbonyl (C=O) groups excluding carboxylic acids is 1. The van der Waals surface area contributed by atoms with E-state index in [0.717, 1.165) is 138 Å². The number of aliphatic hydroxyl groups excluding tert-OH is 2. The number of aryl methyl sites for hydroxylation is 2. The third kappa shape index (κ3) is 14.3. The molecule has 2 saturated heterocycles. The molecule has 1 amide bonds. The summed E-state index contributed by atoms with van der Waals surface area (Å²) in [5.74, 6) is 3.10. The fraction of sp³-hybridized carbons (Fsp3) is 0.508. The summed E-state index contributed by atoms with van der Waals surface area (Å²) in [6, 6.07) is 27.6. The lowest BCUT2D eigenvalue weighted by Crippen LogP contribution is -2.49. The van der Waals surface area contributed by atoms with Crippen LogP contribution in [0.15, 0.2) is 94.5 Å². The van der Waals surface area contributed by atoms with E-state index in [1.54, 1.807) is 12.1 Å². The topological polar surface area (TPSA) is 169 Å². The van der Waals surface area contributed by atoms with Crippen molar-refractivity contribution in [1.82, 2.24) is 29.2 Å². The number of carbonyl (C=O) groups is 1. The minimum absolute atomic E-state index is 0.0148. The zero-order chi connectivity index (χ0) is 55.8. The van der Waals surface area contributed by atoms with Crippen molar-refractivity contribution >= 4 is 27.9 Å². The minimum atomic E-state index is -0.597. The lowest BCUT2D eigenvalue weighted by molar-refractivity contribution is 0.00561. The summed E-state index contributed by atoms with van der Waals surface area (Å²) in [6.45, 7) is 23.5. The van der Waals surface area contributed by atoms with Gasteiger partial charge in [0.25, 0.3) is 11.1 Å². The summed E-state index contributed by atoms with van der Waals surface area (Å²) < 4.78 is 32.3. The fourth-order valence-corrected chi connectivity index (χ4v) is 11.4. The van der Waals surface area contributed by atoms with Gasteiger partial charge in [-0.15, -0.1) is 0 Å². The normalized spacial score (nSPS) is 17.0. The maximum Gasteiger partial charge on any atom is 0.410 e. The molecule has 2 atom stereocenters. The SMILES string of the molecule is CCC(O)c1cc(C)cc2c1ccc(=O)n2CCN1CCC(N(Cc2ccc3c(c2)OCCO3)C(=O)OC(C)(C)C)CC1.CCC(O)c1cc(C)cc2c1ccc(=O)n2CCN1CCC(NCc2ccc3c(c2)OCCO3)CC1. The number of hydrogen-bond donors (Lipinski definition) is 3. The highest BCUT2D eigenvalue weighted by Gasteiger charge is 2.32. The highest BCUT2D eigenvalue weighted by Crippen LogP contribution is 2.34. The number of piperidine rings is 2. The Bertz CT molecular complexity index is 3190. The van der Waals surface area contributed by atoms with Gasteiger partial charge in [-0.3, -0.25) is 9.59 Å². The highest BCUT2D eigenvalue weighted by atomic mass is 16.6. The van der Waals surface area contributed by atoms with Crippen LogP contribution in [-0.4, -0.2) is 124 Å². The summed E-state index contributed by atoms with van der Waals surface area (Å²) in [4.78, 5) is 45.8. The van der Waals surface area contributed by atoms with Crippen LogP contribution in [0.2, 0.25) is 0 Å². The number of hydrogen-bond acceptors (Lipinski definition) is 13. The highest BCUT2D eigenvalue weighted by molar-refractivity contribution is 5.85. The Morgan fingerprint density at radius 3 is 1.56 bits per heavy atom. The third-order valence-corrected chi connectivity index (χ3v) is 15.7. The summed E-state index contributed by atoms with van der Waals surface area (Å²) >= 11 is 0. The van der Waals surface area contributed by atoms with Crippen molar-refractivity contribution in [2.75, 3.05) is 65.7 Å². The molecule has 424 valence electrons. The molecule has 0 spiro atoms. The number of fused-ring (bicyclic) bond motifs is 4. The molecule has 10 rings (SSSR count). The van der Waals surface area contributed by atoms with Gasteiger partial charge in [0.2, 0.25) is 0 Å². The molecule has 2 fully saturated rings. The molecule has 79 heavy (non-hydrogen) atoms. The number of ether oxygens (including phenoxy) is 5. The van der Waals surface area contributed by atoms with E-state index in [0.29, 0.717) is 70.7 Å². The number of benzene rings is 4. The van der Waals surface area contributed by atoms with Gasteiger partial charge in [0.05, 0.1) is 23.2 Å². The second kappa shape index (κ2) is 25.8. The number of aliphatic hydroxyl groups is 2. The first-order chi connectivity index (χ1) is 38.0. The monoisotopic (exact) mass is 1080 g/mol. The smallest absolute Gasteiger partial charge is 0.410 e. The predicted octanol–water partition coefficient (Wildman–Crippen LogP) is 9.20. The first kappa shape index (κ1) is 57.3. The molecule has 0 bridgehead atoms. The van der Waals surface area contributed by atoms with Crippen LogP contribution in [0, 0.1) is 13.8 Å². The second-order valence-corrected chi connectivity index (χ2v) is 22.7. The average Bonchev–Trinajstić information content (AvgIpc) is 3.44. The molecule has 6 aromatic rings. The Labute approximate surface area is 464 Å². The maximum atomic E-state index is 13.4. The molecule has 4 aromatic carbocycles. The van der Waals surface area contributed by atoms with Crippen molar-refractivity contribution in [2.24, 2.45) is 0 Å². The van der Waals surface area contributed by atoms with Gasteiger partial charge in [0.1, 0.15) is 32.0 Å². The lowest BCUT2D eigenvalue weighted by Gasteiger charge is -2.39. The summed E-state index contributed by atoms with van der Waals surface area (Å²) in [6.07, 6.45) is 3.64. The molecule has 0 aliphatic carbocycles. The van der Waals surface area contributed by atoms with Crippen molar-refractivity contribution in [3.8, 4) is 23.0 Å². The molecule has 4 aliphatic rings. The number of likely N-dealkylation sites (tertiary alicyclic amines) is 2. The van der Waals surface area contributed by atoms with Gasteiger partial charge in [-0.25, -0.2) is 4.79 Å². The van der Waals surface area contributed by atoms with Crippen LogP contribution in [-0.2, 0) is 30.9 Å². The predicted molar refractivity (Wildman–Crippen MR) is 309 cm³/mol. The number of aromatic nitrogens is 2. The van der Waals surface area contributed by atoms with Crippen molar-refractivity contribution in [1.29, 1.82) is 0 Å². The Balaban J connectivity index is 0.000000195. The molecular weight excluding hydrogens is 1000 g/mol. The number of nitrogens with one attached hydrogen (secondary N) is 1. The number of amides is 1.